The summed E-state index contributed by atoms with van der Waals surface area (Å²) in [6.45, 7) is 0.0133. The number of halogens is 1. The van der Waals surface area contributed by atoms with E-state index in [2.05, 4.69) is 0 Å². The second-order valence-electron chi connectivity index (χ2n) is 4.26. The molecule has 0 aliphatic heterocycles. The van der Waals surface area contributed by atoms with Crippen LogP contribution >= 0.6 is 11.6 Å². The average Bonchev–Trinajstić information content (AvgIpc) is 2.47. The highest BCUT2D eigenvalue weighted by molar-refractivity contribution is 7.91. The molecule has 0 aromatic heterocycles. The molecule has 0 fully saturated rings. The molecule has 108 valence electrons. The van der Waals surface area contributed by atoms with Crippen LogP contribution in [-0.4, -0.2) is 20.8 Å². The van der Waals surface area contributed by atoms with Crippen LogP contribution in [0.1, 0.15) is 5.56 Å². The summed E-state index contributed by atoms with van der Waals surface area (Å²) in [6.07, 6.45) is 0. The van der Waals surface area contributed by atoms with E-state index in [0.29, 0.717) is 16.3 Å². The zero-order chi connectivity index (χ0) is 15.3. The minimum Gasteiger partial charge on any atom is -0.492 e. The van der Waals surface area contributed by atoms with E-state index in [4.69, 9.17) is 21.6 Å². The zero-order valence-corrected chi connectivity index (χ0v) is 12.6. The van der Waals surface area contributed by atoms with Gasteiger partial charge in [0.25, 0.3) is 0 Å². The summed E-state index contributed by atoms with van der Waals surface area (Å²) in [5.74, 6) is 0.345. The van der Waals surface area contributed by atoms with Gasteiger partial charge in [-0.25, -0.2) is 8.42 Å². The lowest BCUT2D eigenvalue weighted by atomic mass is 10.2. The lowest BCUT2D eigenvalue weighted by molar-refractivity contribution is 0.341. The van der Waals surface area contributed by atoms with Gasteiger partial charge in [-0.05, 0) is 36.4 Å². The first-order chi connectivity index (χ1) is 10.0. The van der Waals surface area contributed by atoms with Crippen molar-refractivity contribution < 1.29 is 13.2 Å². The second-order valence-corrected chi connectivity index (χ2v) is 6.81. The van der Waals surface area contributed by atoms with Crippen molar-refractivity contribution in [3.63, 3.8) is 0 Å². The van der Waals surface area contributed by atoms with Crippen molar-refractivity contribution in [2.45, 2.75) is 4.90 Å². The van der Waals surface area contributed by atoms with Crippen LogP contribution in [0.25, 0.3) is 0 Å². The van der Waals surface area contributed by atoms with Crippen LogP contribution < -0.4 is 4.74 Å². The van der Waals surface area contributed by atoms with Gasteiger partial charge in [0.15, 0.2) is 9.84 Å². The highest BCUT2D eigenvalue weighted by atomic mass is 35.5. The molecule has 0 aliphatic rings. The lowest BCUT2D eigenvalue weighted by Crippen LogP contribution is -2.14. The van der Waals surface area contributed by atoms with Gasteiger partial charge in [-0.15, -0.1) is 0 Å². The summed E-state index contributed by atoms with van der Waals surface area (Å²) in [5.41, 5.74) is 0.312. The summed E-state index contributed by atoms with van der Waals surface area (Å²) in [7, 11) is -3.48. The van der Waals surface area contributed by atoms with Crippen LogP contribution in [0.2, 0.25) is 5.02 Å². The SMILES string of the molecule is N#Cc1cccc(S(=O)(=O)CCOc2cccc(Cl)c2)c1. The Bertz CT molecular complexity index is 782. The van der Waals surface area contributed by atoms with Gasteiger partial charge in [0.2, 0.25) is 0 Å². The van der Waals surface area contributed by atoms with Gasteiger partial charge in [-0.3, -0.25) is 0 Å². The Morgan fingerprint density at radius 1 is 1.14 bits per heavy atom. The molecule has 0 atom stereocenters. The van der Waals surface area contributed by atoms with Gasteiger partial charge >= 0.3 is 0 Å². The molecule has 2 rings (SSSR count). The molecule has 4 nitrogen and oxygen atoms in total. The fraction of sp³-hybridized carbons (Fsp3) is 0.133. The quantitative estimate of drug-likeness (QED) is 0.848. The molecule has 0 N–H and O–H groups in total. The largest absolute Gasteiger partial charge is 0.492 e. The fourth-order valence-corrected chi connectivity index (χ4v) is 3.01. The molecular weight excluding hydrogens is 310 g/mol. The molecule has 0 aliphatic carbocycles. The van der Waals surface area contributed by atoms with Gasteiger partial charge in [0, 0.05) is 5.02 Å². The molecule has 0 amide bonds. The molecule has 0 saturated carbocycles. The van der Waals surface area contributed by atoms with E-state index in [1.165, 1.54) is 12.1 Å². The third-order valence-electron chi connectivity index (χ3n) is 2.74. The predicted molar refractivity (Wildman–Crippen MR) is 80.2 cm³/mol. The smallest absolute Gasteiger partial charge is 0.181 e. The number of hydrogen-bond donors (Lipinski definition) is 0. The molecular formula is C15H12ClNO3S. The maximum absolute atomic E-state index is 12.1. The second kappa shape index (κ2) is 6.61. The molecule has 0 heterocycles. The van der Waals surface area contributed by atoms with Crippen molar-refractivity contribution >= 4 is 21.4 Å². The van der Waals surface area contributed by atoms with Crippen molar-refractivity contribution in [3.05, 3.63) is 59.1 Å². The summed E-state index contributed by atoms with van der Waals surface area (Å²) in [6, 6.07) is 14.6. The third kappa shape index (κ3) is 4.22. The first kappa shape index (κ1) is 15.4. The van der Waals surface area contributed by atoms with Crippen molar-refractivity contribution in [2.24, 2.45) is 0 Å². The predicted octanol–water partition coefficient (Wildman–Crippen LogP) is 3.06. The monoisotopic (exact) mass is 321 g/mol. The molecule has 0 saturated heterocycles. The van der Waals surface area contributed by atoms with Gasteiger partial charge in [-0.1, -0.05) is 23.7 Å². The standard InChI is InChI=1S/C15H12ClNO3S/c16-13-4-2-5-14(10-13)20-7-8-21(18,19)15-6-1-3-12(9-15)11-17/h1-6,9-10H,7-8H2. The molecule has 0 radical (unpaired) electrons. The van der Waals surface area contributed by atoms with Crippen LogP contribution in [0.5, 0.6) is 5.75 Å². The molecule has 21 heavy (non-hydrogen) atoms. The minimum absolute atomic E-state index is 0.0133. The van der Waals surface area contributed by atoms with Crippen LogP contribution in [0.15, 0.2) is 53.4 Å². The first-order valence-corrected chi connectivity index (χ1v) is 8.15. The summed E-state index contributed by atoms with van der Waals surface area (Å²) < 4.78 is 29.7. The lowest BCUT2D eigenvalue weighted by Gasteiger charge is -2.07. The van der Waals surface area contributed by atoms with Gasteiger partial charge in [0.1, 0.15) is 12.4 Å². The average molecular weight is 322 g/mol. The highest BCUT2D eigenvalue weighted by Crippen LogP contribution is 2.18. The van der Waals surface area contributed by atoms with Crippen LogP contribution in [0, 0.1) is 11.3 Å². The van der Waals surface area contributed by atoms with E-state index in [1.807, 2.05) is 6.07 Å². The van der Waals surface area contributed by atoms with Crippen molar-refractivity contribution in [1.82, 2.24) is 0 Å². The molecule has 0 bridgehead atoms. The maximum atomic E-state index is 12.1. The Labute approximate surface area is 128 Å². The Morgan fingerprint density at radius 3 is 2.62 bits per heavy atom. The van der Waals surface area contributed by atoms with Crippen molar-refractivity contribution in [3.8, 4) is 11.8 Å². The van der Waals surface area contributed by atoms with Gasteiger partial charge < -0.3 is 4.74 Å². The molecule has 0 unspecified atom stereocenters. The van der Waals surface area contributed by atoms with Crippen LogP contribution in [-0.2, 0) is 9.84 Å². The van der Waals surface area contributed by atoms with E-state index >= 15 is 0 Å². The first-order valence-electron chi connectivity index (χ1n) is 6.12. The topological polar surface area (TPSA) is 67.2 Å². The van der Waals surface area contributed by atoms with Crippen LogP contribution in [0.4, 0.5) is 0 Å². The van der Waals surface area contributed by atoms with E-state index in [-0.39, 0.29) is 17.3 Å². The molecule has 0 spiro atoms. The van der Waals surface area contributed by atoms with E-state index in [1.54, 1.807) is 36.4 Å². The fourth-order valence-electron chi connectivity index (χ4n) is 1.70. The number of rotatable bonds is 5. The number of sulfone groups is 1. The number of nitrogens with zero attached hydrogens (tertiary/aromatic N) is 1. The Kier molecular flexibility index (Phi) is 4.84. The Morgan fingerprint density at radius 2 is 1.90 bits per heavy atom. The van der Waals surface area contributed by atoms with Crippen molar-refractivity contribution in [2.75, 3.05) is 12.4 Å². The zero-order valence-electron chi connectivity index (χ0n) is 11.0. The number of nitriles is 1. The normalized spacial score (nSPS) is 10.9. The Balaban J connectivity index is 2.03. The third-order valence-corrected chi connectivity index (χ3v) is 4.65. The van der Waals surface area contributed by atoms with E-state index in [0.717, 1.165) is 0 Å². The maximum Gasteiger partial charge on any atom is 0.181 e. The molecule has 2 aromatic carbocycles. The minimum atomic E-state index is -3.48. The number of hydrogen-bond acceptors (Lipinski definition) is 4. The summed E-state index contributed by atoms with van der Waals surface area (Å²) in [4.78, 5) is 0.122. The van der Waals surface area contributed by atoms with Gasteiger partial charge in [-0.2, -0.15) is 5.26 Å². The summed E-state index contributed by atoms with van der Waals surface area (Å²) >= 11 is 5.81. The summed E-state index contributed by atoms with van der Waals surface area (Å²) in [5, 5.41) is 9.32. The van der Waals surface area contributed by atoms with Gasteiger partial charge in [0.05, 0.1) is 22.3 Å². The van der Waals surface area contributed by atoms with Crippen molar-refractivity contribution in [1.29, 1.82) is 5.26 Å². The van der Waals surface area contributed by atoms with E-state index < -0.39 is 9.84 Å². The number of benzene rings is 2. The highest BCUT2D eigenvalue weighted by Gasteiger charge is 2.15. The van der Waals surface area contributed by atoms with E-state index in [9.17, 15) is 8.42 Å². The van der Waals surface area contributed by atoms with Crippen LogP contribution in [0.3, 0.4) is 0 Å². The Hall–Kier alpha value is -2.03. The number of ether oxygens (including phenoxy) is 1. The molecule has 6 heteroatoms. The molecule has 2 aromatic rings.